The Morgan fingerprint density at radius 3 is 1.53 bits per heavy atom. The highest BCUT2D eigenvalue weighted by atomic mass is 14.4. The standard InChI is InChI=1S/C53H36/c1-53(2)48-28-26-34-14-5-8-18-41(34)52(48)46-27-25-36(32-49(46)53)39-30-37-16-6-7-17-40(37)47(31-39)51-44-21-11-9-19-42(44)50(43-20-10-12-22-45(43)51)38-24-23-33-13-3-4-15-35(33)29-38/h3-32H,1-2H3. The second kappa shape index (κ2) is 11.2. The first-order chi connectivity index (χ1) is 26.0. The minimum absolute atomic E-state index is 0.102. The van der Waals surface area contributed by atoms with Gasteiger partial charge in [-0.05, 0) is 134 Å². The largest absolute Gasteiger partial charge is 0.0616 e. The molecule has 10 aromatic carbocycles. The Morgan fingerprint density at radius 2 is 0.811 bits per heavy atom. The first kappa shape index (κ1) is 30.2. The summed E-state index contributed by atoms with van der Waals surface area (Å²) in [6, 6.07) is 68.0. The summed E-state index contributed by atoms with van der Waals surface area (Å²) in [4.78, 5) is 0. The molecule has 0 aliphatic heterocycles. The van der Waals surface area contributed by atoms with Gasteiger partial charge in [-0.1, -0.05) is 172 Å². The molecule has 53 heavy (non-hydrogen) atoms. The molecule has 0 heterocycles. The van der Waals surface area contributed by atoms with E-state index in [1.54, 1.807) is 0 Å². The van der Waals surface area contributed by atoms with Crippen molar-refractivity contribution in [2.45, 2.75) is 19.3 Å². The maximum absolute atomic E-state index is 2.47. The molecule has 0 amide bonds. The van der Waals surface area contributed by atoms with Crippen molar-refractivity contribution >= 4 is 53.9 Å². The predicted molar refractivity (Wildman–Crippen MR) is 228 cm³/mol. The van der Waals surface area contributed by atoms with Crippen LogP contribution in [0.3, 0.4) is 0 Å². The third-order valence-corrected chi connectivity index (χ3v) is 12.0. The Hall–Kier alpha value is -6.50. The van der Waals surface area contributed by atoms with Crippen LogP contribution in [0.2, 0.25) is 0 Å². The monoisotopic (exact) mass is 672 g/mol. The zero-order chi connectivity index (χ0) is 35.3. The number of hydrogen-bond donors (Lipinski definition) is 0. The fourth-order valence-corrected chi connectivity index (χ4v) is 9.45. The Kier molecular flexibility index (Phi) is 6.40. The van der Waals surface area contributed by atoms with Crippen molar-refractivity contribution in [2.75, 3.05) is 0 Å². The fraction of sp³-hybridized carbons (Fsp3) is 0.0566. The molecule has 0 unspecified atom stereocenters. The van der Waals surface area contributed by atoms with E-state index < -0.39 is 0 Å². The molecule has 0 heteroatoms. The molecule has 10 aromatic rings. The number of benzene rings is 10. The zero-order valence-electron chi connectivity index (χ0n) is 29.8. The Balaban J connectivity index is 1.17. The minimum Gasteiger partial charge on any atom is -0.0616 e. The molecule has 0 fully saturated rings. The smallest absolute Gasteiger partial charge is 0.0159 e. The van der Waals surface area contributed by atoms with Gasteiger partial charge in [0, 0.05) is 5.41 Å². The van der Waals surface area contributed by atoms with E-state index in [1.807, 2.05) is 0 Å². The molecule has 0 aromatic heterocycles. The topological polar surface area (TPSA) is 0 Å². The van der Waals surface area contributed by atoms with Crippen LogP contribution in [-0.4, -0.2) is 0 Å². The van der Waals surface area contributed by atoms with Crippen LogP contribution in [0.5, 0.6) is 0 Å². The van der Waals surface area contributed by atoms with Crippen molar-refractivity contribution in [3.05, 3.63) is 193 Å². The van der Waals surface area contributed by atoms with E-state index in [9.17, 15) is 0 Å². The second-order valence-electron chi connectivity index (χ2n) is 15.2. The molecule has 0 nitrogen and oxygen atoms in total. The minimum atomic E-state index is -0.102. The molecule has 1 aliphatic carbocycles. The van der Waals surface area contributed by atoms with Crippen LogP contribution in [0, 0.1) is 0 Å². The van der Waals surface area contributed by atoms with Gasteiger partial charge in [-0.15, -0.1) is 0 Å². The maximum atomic E-state index is 2.47. The molecule has 0 saturated carbocycles. The zero-order valence-corrected chi connectivity index (χ0v) is 29.8. The average molecular weight is 673 g/mol. The summed E-state index contributed by atoms with van der Waals surface area (Å²) in [5.41, 5.74) is 13.0. The van der Waals surface area contributed by atoms with E-state index >= 15 is 0 Å². The van der Waals surface area contributed by atoms with Crippen molar-refractivity contribution < 1.29 is 0 Å². The van der Waals surface area contributed by atoms with Gasteiger partial charge in [0.15, 0.2) is 0 Å². The van der Waals surface area contributed by atoms with Gasteiger partial charge < -0.3 is 0 Å². The quantitative estimate of drug-likeness (QED) is 0.164. The van der Waals surface area contributed by atoms with Gasteiger partial charge in [0.05, 0.1) is 0 Å². The summed E-state index contributed by atoms with van der Waals surface area (Å²) >= 11 is 0. The molecule has 0 spiro atoms. The molecule has 0 bridgehead atoms. The van der Waals surface area contributed by atoms with Crippen LogP contribution in [0.1, 0.15) is 25.0 Å². The van der Waals surface area contributed by atoms with Crippen LogP contribution in [0.4, 0.5) is 0 Å². The van der Waals surface area contributed by atoms with Gasteiger partial charge in [0.1, 0.15) is 0 Å². The van der Waals surface area contributed by atoms with E-state index in [-0.39, 0.29) is 5.41 Å². The average Bonchev–Trinajstić information content (AvgIpc) is 3.45. The van der Waals surface area contributed by atoms with Crippen LogP contribution < -0.4 is 0 Å². The molecular weight excluding hydrogens is 637 g/mol. The second-order valence-corrected chi connectivity index (χ2v) is 15.2. The van der Waals surface area contributed by atoms with E-state index in [4.69, 9.17) is 0 Å². The molecule has 1 aliphatic rings. The molecule has 248 valence electrons. The third-order valence-electron chi connectivity index (χ3n) is 12.0. The molecule has 0 radical (unpaired) electrons. The van der Waals surface area contributed by atoms with Gasteiger partial charge in [-0.25, -0.2) is 0 Å². The highest BCUT2D eigenvalue weighted by molar-refractivity contribution is 6.24. The number of fused-ring (bicyclic) bond motifs is 9. The lowest BCUT2D eigenvalue weighted by molar-refractivity contribution is 0.661. The molecule has 11 rings (SSSR count). The summed E-state index contributed by atoms with van der Waals surface area (Å²) in [6.07, 6.45) is 0. The molecular formula is C53H36. The summed E-state index contributed by atoms with van der Waals surface area (Å²) < 4.78 is 0. The predicted octanol–water partition coefficient (Wildman–Crippen LogP) is 14.8. The van der Waals surface area contributed by atoms with Gasteiger partial charge in [0.2, 0.25) is 0 Å². The third kappa shape index (κ3) is 4.42. The summed E-state index contributed by atoms with van der Waals surface area (Å²) in [7, 11) is 0. The van der Waals surface area contributed by atoms with Gasteiger partial charge in [-0.3, -0.25) is 0 Å². The van der Waals surface area contributed by atoms with Crippen molar-refractivity contribution in [1.29, 1.82) is 0 Å². The van der Waals surface area contributed by atoms with Gasteiger partial charge in [-0.2, -0.15) is 0 Å². The Bertz CT molecular complexity index is 3080. The van der Waals surface area contributed by atoms with E-state index in [0.717, 1.165) is 0 Å². The summed E-state index contributed by atoms with van der Waals surface area (Å²) in [6.45, 7) is 4.77. The lowest BCUT2D eigenvalue weighted by atomic mass is 9.80. The summed E-state index contributed by atoms with van der Waals surface area (Å²) in [5.74, 6) is 0. The van der Waals surface area contributed by atoms with Crippen LogP contribution in [0.15, 0.2) is 182 Å². The normalized spacial score (nSPS) is 13.2. The fourth-order valence-electron chi connectivity index (χ4n) is 9.45. The number of hydrogen-bond acceptors (Lipinski definition) is 0. The van der Waals surface area contributed by atoms with Crippen molar-refractivity contribution in [3.8, 4) is 44.5 Å². The van der Waals surface area contributed by atoms with Crippen LogP contribution in [-0.2, 0) is 5.41 Å². The highest BCUT2D eigenvalue weighted by Gasteiger charge is 2.36. The van der Waals surface area contributed by atoms with E-state index in [0.29, 0.717) is 0 Å². The van der Waals surface area contributed by atoms with Crippen LogP contribution in [0.25, 0.3) is 98.4 Å². The maximum Gasteiger partial charge on any atom is 0.0159 e. The molecule has 0 saturated heterocycles. The summed E-state index contributed by atoms with van der Waals surface area (Å²) in [5, 5.41) is 12.8. The van der Waals surface area contributed by atoms with Gasteiger partial charge in [0.25, 0.3) is 0 Å². The van der Waals surface area contributed by atoms with Gasteiger partial charge >= 0.3 is 0 Å². The molecule has 0 N–H and O–H groups in total. The Labute approximate surface area is 309 Å². The number of rotatable bonds is 3. The van der Waals surface area contributed by atoms with E-state index in [1.165, 1.54) is 109 Å². The first-order valence-electron chi connectivity index (χ1n) is 18.7. The van der Waals surface area contributed by atoms with Crippen molar-refractivity contribution in [3.63, 3.8) is 0 Å². The van der Waals surface area contributed by atoms with Crippen molar-refractivity contribution in [2.24, 2.45) is 0 Å². The molecule has 0 atom stereocenters. The van der Waals surface area contributed by atoms with E-state index in [2.05, 4.69) is 196 Å². The van der Waals surface area contributed by atoms with Crippen molar-refractivity contribution in [1.82, 2.24) is 0 Å². The Morgan fingerprint density at radius 1 is 0.283 bits per heavy atom. The first-order valence-corrected chi connectivity index (χ1v) is 18.7. The lowest BCUT2D eigenvalue weighted by Gasteiger charge is -2.22. The highest BCUT2D eigenvalue weighted by Crippen LogP contribution is 2.53. The SMILES string of the molecule is CC1(C)c2cc(-c3cc(-c4c5ccccc5c(-c5ccc6ccccc6c5)c5ccccc45)c4ccccc4c3)ccc2-c2c1ccc1ccccc21. The van der Waals surface area contributed by atoms with Crippen LogP contribution >= 0.6 is 0 Å². The lowest BCUT2D eigenvalue weighted by Crippen LogP contribution is -2.15.